The van der Waals surface area contributed by atoms with Crippen LogP contribution in [-0.4, -0.2) is 18.1 Å². The maximum absolute atomic E-state index is 13.9. The average molecular weight is 338 g/mol. The Hall–Kier alpha value is -1.88. The van der Waals surface area contributed by atoms with Crippen molar-refractivity contribution in [2.24, 2.45) is 0 Å². The van der Waals surface area contributed by atoms with E-state index in [2.05, 4.69) is 15.9 Å². The van der Waals surface area contributed by atoms with Crippen LogP contribution in [0.1, 0.15) is 15.9 Å². The third-order valence-electron chi connectivity index (χ3n) is 2.96. The first kappa shape index (κ1) is 14.5. The SMILES string of the molecule is CN(Cc1ccccc1Br)c1c(F)cccc1C(=O)O. The molecule has 3 nitrogen and oxygen atoms in total. The molecule has 20 heavy (non-hydrogen) atoms. The summed E-state index contributed by atoms with van der Waals surface area (Å²) in [5, 5.41) is 9.16. The molecule has 0 fully saturated rings. The highest BCUT2D eigenvalue weighted by molar-refractivity contribution is 9.10. The van der Waals surface area contributed by atoms with Crippen molar-refractivity contribution >= 4 is 27.6 Å². The molecule has 0 aliphatic carbocycles. The van der Waals surface area contributed by atoms with E-state index in [4.69, 9.17) is 5.11 Å². The molecule has 104 valence electrons. The fraction of sp³-hybridized carbons (Fsp3) is 0.133. The van der Waals surface area contributed by atoms with Crippen molar-refractivity contribution in [1.29, 1.82) is 0 Å². The molecule has 0 bridgehead atoms. The summed E-state index contributed by atoms with van der Waals surface area (Å²) in [6.07, 6.45) is 0. The number of carbonyl (C=O) groups is 1. The third-order valence-corrected chi connectivity index (χ3v) is 3.74. The van der Waals surface area contributed by atoms with Crippen LogP contribution in [0.4, 0.5) is 10.1 Å². The van der Waals surface area contributed by atoms with E-state index >= 15 is 0 Å². The summed E-state index contributed by atoms with van der Waals surface area (Å²) < 4.78 is 14.9. The first-order valence-electron chi connectivity index (χ1n) is 5.97. The molecule has 0 radical (unpaired) electrons. The van der Waals surface area contributed by atoms with E-state index < -0.39 is 11.8 Å². The van der Waals surface area contributed by atoms with Gasteiger partial charge in [-0.25, -0.2) is 9.18 Å². The second kappa shape index (κ2) is 6.05. The fourth-order valence-corrected chi connectivity index (χ4v) is 2.45. The number of halogens is 2. The van der Waals surface area contributed by atoms with Gasteiger partial charge in [-0.2, -0.15) is 0 Å². The van der Waals surface area contributed by atoms with Crippen LogP contribution in [-0.2, 0) is 6.54 Å². The predicted molar refractivity (Wildman–Crippen MR) is 79.6 cm³/mol. The van der Waals surface area contributed by atoms with Crippen LogP contribution in [0.25, 0.3) is 0 Å². The topological polar surface area (TPSA) is 40.5 Å². The third kappa shape index (κ3) is 2.99. The molecule has 1 N–H and O–H groups in total. The standard InChI is InChI=1S/C15H13BrFNO2/c1-18(9-10-5-2-3-7-12(10)16)14-11(15(19)20)6-4-8-13(14)17/h2-8H,9H2,1H3,(H,19,20). The maximum atomic E-state index is 13.9. The lowest BCUT2D eigenvalue weighted by molar-refractivity contribution is 0.0697. The minimum absolute atomic E-state index is 0.0421. The number of nitrogens with zero attached hydrogens (tertiary/aromatic N) is 1. The van der Waals surface area contributed by atoms with Crippen LogP contribution in [0, 0.1) is 5.82 Å². The first-order valence-corrected chi connectivity index (χ1v) is 6.76. The molecule has 0 spiro atoms. The number of carboxylic acids is 1. The molecule has 0 amide bonds. The Morgan fingerprint density at radius 3 is 2.60 bits per heavy atom. The van der Waals surface area contributed by atoms with Gasteiger partial charge in [0.1, 0.15) is 5.82 Å². The summed E-state index contributed by atoms with van der Waals surface area (Å²) in [5.41, 5.74) is 1.00. The van der Waals surface area contributed by atoms with Gasteiger partial charge in [0.25, 0.3) is 0 Å². The quantitative estimate of drug-likeness (QED) is 0.919. The smallest absolute Gasteiger partial charge is 0.337 e. The lowest BCUT2D eigenvalue weighted by atomic mass is 10.1. The molecule has 0 saturated heterocycles. The van der Waals surface area contributed by atoms with Crippen molar-refractivity contribution in [3.05, 3.63) is 63.9 Å². The normalized spacial score (nSPS) is 10.3. The van der Waals surface area contributed by atoms with Crippen molar-refractivity contribution in [2.45, 2.75) is 6.54 Å². The van der Waals surface area contributed by atoms with Crippen molar-refractivity contribution in [3.63, 3.8) is 0 Å². The van der Waals surface area contributed by atoms with Crippen molar-refractivity contribution in [1.82, 2.24) is 0 Å². The highest BCUT2D eigenvalue weighted by atomic mass is 79.9. The zero-order chi connectivity index (χ0) is 14.7. The van der Waals surface area contributed by atoms with Crippen LogP contribution in [0.15, 0.2) is 46.9 Å². The van der Waals surface area contributed by atoms with E-state index in [0.29, 0.717) is 6.54 Å². The van der Waals surface area contributed by atoms with Gasteiger partial charge in [0.2, 0.25) is 0 Å². The van der Waals surface area contributed by atoms with Gasteiger partial charge in [-0.3, -0.25) is 0 Å². The minimum Gasteiger partial charge on any atom is -0.478 e. The Morgan fingerprint density at radius 2 is 1.95 bits per heavy atom. The largest absolute Gasteiger partial charge is 0.478 e. The number of hydrogen-bond acceptors (Lipinski definition) is 2. The highest BCUT2D eigenvalue weighted by Gasteiger charge is 2.18. The first-order chi connectivity index (χ1) is 9.50. The number of rotatable bonds is 4. The van der Waals surface area contributed by atoms with E-state index in [-0.39, 0.29) is 11.3 Å². The number of para-hydroxylation sites is 1. The molecule has 0 saturated carbocycles. The Kier molecular flexibility index (Phi) is 4.39. The molecule has 2 rings (SSSR count). The van der Waals surface area contributed by atoms with Crippen LogP contribution in [0.5, 0.6) is 0 Å². The molecule has 0 unspecified atom stereocenters. The van der Waals surface area contributed by atoms with Gasteiger partial charge in [-0.15, -0.1) is 0 Å². The van der Waals surface area contributed by atoms with Gasteiger partial charge in [0.05, 0.1) is 11.3 Å². The summed E-state index contributed by atoms with van der Waals surface area (Å²) in [5.74, 6) is -1.68. The molecular formula is C15H13BrFNO2. The second-order valence-electron chi connectivity index (χ2n) is 4.39. The molecule has 0 heterocycles. The van der Waals surface area contributed by atoms with Gasteiger partial charge >= 0.3 is 5.97 Å². The highest BCUT2D eigenvalue weighted by Crippen LogP contribution is 2.26. The summed E-state index contributed by atoms with van der Waals surface area (Å²) in [6.45, 7) is 0.405. The summed E-state index contributed by atoms with van der Waals surface area (Å²) >= 11 is 3.43. The van der Waals surface area contributed by atoms with Gasteiger partial charge in [0.15, 0.2) is 0 Å². The van der Waals surface area contributed by atoms with E-state index in [1.165, 1.54) is 18.2 Å². The van der Waals surface area contributed by atoms with Crippen molar-refractivity contribution in [2.75, 3.05) is 11.9 Å². The number of benzene rings is 2. The number of anilines is 1. The second-order valence-corrected chi connectivity index (χ2v) is 5.24. The van der Waals surface area contributed by atoms with Gasteiger partial charge in [-0.1, -0.05) is 40.2 Å². The average Bonchev–Trinajstić information content (AvgIpc) is 2.40. The lowest BCUT2D eigenvalue weighted by Gasteiger charge is -2.22. The fourth-order valence-electron chi connectivity index (χ4n) is 2.04. The van der Waals surface area contributed by atoms with Gasteiger partial charge in [-0.05, 0) is 23.8 Å². The molecule has 0 aliphatic heterocycles. The van der Waals surface area contributed by atoms with Gasteiger partial charge in [0, 0.05) is 18.1 Å². The van der Waals surface area contributed by atoms with E-state index in [9.17, 15) is 9.18 Å². The van der Waals surface area contributed by atoms with E-state index in [1.54, 1.807) is 11.9 Å². The molecular weight excluding hydrogens is 325 g/mol. The van der Waals surface area contributed by atoms with E-state index in [0.717, 1.165) is 10.0 Å². The maximum Gasteiger partial charge on any atom is 0.337 e. The Labute approximate surface area is 124 Å². The molecule has 2 aromatic rings. The number of hydrogen-bond donors (Lipinski definition) is 1. The zero-order valence-corrected chi connectivity index (χ0v) is 12.4. The number of carboxylic acid groups (broad SMARTS) is 1. The molecule has 5 heteroatoms. The Balaban J connectivity index is 2.37. The molecule has 0 aliphatic rings. The van der Waals surface area contributed by atoms with Crippen LogP contribution in [0.3, 0.4) is 0 Å². The Bertz CT molecular complexity index is 646. The van der Waals surface area contributed by atoms with Crippen LogP contribution in [0.2, 0.25) is 0 Å². The monoisotopic (exact) mass is 337 g/mol. The molecule has 2 aromatic carbocycles. The van der Waals surface area contributed by atoms with Crippen molar-refractivity contribution in [3.8, 4) is 0 Å². The summed E-state index contributed by atoms with van der Waals surface area (Å²) in [4.78, 5) is 12.8. The summed E-state index contributed by atoms with van der Waals surface area (Å²) in [7, 11) is 1.67. The predicted octanol–water partition coefficient (Wildman–Crippen LogP) is 3.92. The minimum atomic E-state index is -1.14. The van der Waals surface area contributed by atoms with Crippen LogP contribution < -0.4 is 4.90 Å². The zero-order valence-electron chi connectivity index (χ0n) is 10.8. The lowest BCUT2D eigenvalue weighted by Crippen LogP contribution is -2.21. The molecule has 0 atom stereocenters. The van der Waals surface area contributed by atoms with Gasteiger partial charge < -0.3 is 10.0 Å². The van der Waals surface area contributed by atoms with E-state index in [1.807, 2.05) is 24.3 Å². The summed E-state index contributed by atoms with van der Waals surface area (Å²) in [6, 6.07) is 11.6. The number of aromatic carboxylic acids is 1. The van der Waals surface area contributed by atoms with Crippen molar-refractivity contribution < 1.29 is 14.3 Å². The van der Waals surface area contributed by atoms with Crippen LogP contribution >= 0.6 is 15.9 Å². The Morgan fingerprint density at radius 1 is 1.25 bits per heavy atom. The molecule has 0 aromatic heterocycles.